The summed E-state index contributed by atoms with van der Waals surface area (Å²) in [6.45, 7) is 0. The van der Waals surface area contributed by atoms with Crippen LogP contribution in [0.15, 0.2) is 36.4 Å². The molecule has 0 N–H and O–H groups in total. The summed E-state index contributed by atoms with van der Waals surface area (Å²) in [5.41, 5.74) is 1.02. The number of rotatable bonds is 4. The number of hydrogen-bond donors (Lipinski definition) is 0. The number of benzene rings is 1. The number of allylic oxidation sites excluding steroid dienone is 2. The lowest BCUT2D eigenvalue weighted by molar-refractivity contribution is -0.123. The van der Waals surface area contributed by atoms with Crippen LogP contribution >= 0.6 is 22.6 Å². The van der Waals surface area contributed by atoms with E-state index >= 15 is 0 Å². The van der Waals surface area contributed by atoms with Crippen molar-refractivity contribution in [2.45, 2.75) is 19.0 Å². The van der Waals surface area contributed by atoms with E-state index in [-0.39, 0.29) is 0 Å². The Kier molecular flexibility index (Phi) is 5.31. The third-order valence-electron chi connectivity index (χ3n) is 2.04. The lowest BCUT2D eigenvalue weighted by atomic mass is 10.0. The van der Waals surface area contributed by atoms with Crippen LogP contribution in [0.3, 0.4) is 0 Å². The molecule has 16 heavy (non-hydrogen) atoms. The van der Waals surface area contributed by atoms with Gasteiger partial charge in [0.05, 0.1) is 6.42 Å². The number of hydrogen-bond acceptors (Lipinski definition) is 0. The summed E-state index contributed by atoms with van der Waals surface area (Å²) in [6, 6.07) is 8.73. The van der Waals surface area contributed by atoms with Gasteiger partial charge in [0.15, 0.2) is 0 Å². The lowest BCUT2D eigenvalue weighted by Crippen LogP contribution is -2.08. The molecule has 0 aliphatic heterocycles. The molecule has 0 radical (unpaired) electrons. The normalized spacial score (nSPS) is 12.9. The van der Waals surface area contributed by atoms with Crippen molar-refractivity contribution in [3.8, 4) is 0 Å². The van der Waals surface area contributed by atoms with Gasteiger partial charge in [-0.05, 0) is 17.6 Å². The maximum absolute atomic E-state index is 12.4. The van der Waals surface area contributed by atoms with Crippen LogP contribution in [0.25, 0.3) is 5.57 Å². The first-order chi connectivity index (χ1) is 7.53. The Bertz CT molecular complexity index is 341. The molecule has 0 fully saturated rings. The zero-order valence-corrected chi connectivity index (χ0v) is 10.8. The Morgan fingerprint density at radius 2 is 1.81 bits per heavy atom. The summed E-state index contributed by atoms with van der Waals surface area (Å²) in [6.07, 6.45) is -2.66. The second-order valence-corrected chi connectivity index (χ2v) is 4.44. The van der Waals surface area contributed by atoms with Gasteiger partial charge in [-0.15, -0.1) is 0 Å². The van der Waals surface area contributed by atoms with Crippen LogP contribution in [-0.2, 0) is 0 Å². The van der Waals surface area contributed by atoms with Crippen molar-refractivity contribution < 1.29 is 13.2 Å². The Morgan fingerprint density at radius 3 is 2.31 bits per heavy atom. The number of alkyl halides is 4. The minimum atomic E-state index is -4.15. The molecule has 0 atom stereocenters. The largest absolute Gasteiger partial charge is 0.393 e. The van der Waals surface area contributed by atoms with E-state index in [9.17, 15) is 13.2 Å². The average molecular weight is 340 g/mol. The van der Waals surface area contributed by atoms with E-state index in [0.717, 1.165) is 4.43 Å². The second-order valence-electron chi connectivity index (χ2n) is 3.36. The fourth-order valence-corrected chi connectivity index (χ4v) is 1.70. The van der Waals surface area contributed by atoms with E-state index in [4.69, 9.17) is 0 Å². The Labute approximate surface area is 107 Å². The van der Waals surface area contributed by atoms with Gasteiger partial charge in [0.25, 0.3) is 0 Å². The Morgan fingerprint density at radius 1 is 1.19 bits per heavy atom. The van der Waals surface area contributed by atoms with Gasteiger partial charge >= 0.3 is 6.18 Å². The van der Waals surface area contributed by atoms with Crippen molar-refractivity contribution in [1.29, 1.82) is 0 Å². The molecule has 0 saturated carbocycles. The van der Waals surface area contributed by atoms with Gasteiger partial charge in [0.1, 0.15) is 0 Å². The molecule has 0 heterocycles. The highest BCUT2D eigenvalue weighted by atomic mass is 127. The van der Waals surface area contributed by atoms with Gasteiger partial charge < -0.3 is 0 Å². The van der Waals surface area contributed by atoms with E-state index in [1.54, 1.807) is 36.4 Å². The second kappa shape index (κ2) is 6.27. The zero-order valence-electron chi connectivity index (χ0n) is 8.60. The minimum absolute atomic E-state index is 0.366. The van der Waals surface area contributed by atoms with Gasteiger partial charge in [-0.1, -0.05) is 59.0 Å². The molecule has 1 aromatic rings. The summed E-state index contributed by atoms with van der Waals surface area (Å²) in [7, 11) is 0. The predicted molar refractivity (Wildman–Crippen MR) is 68.6 cm³/mol. The van der Waals surface area contributed by atoms with Crippen LogP contribution < -0.4 is 0 Å². The van der Waals surface area contributed by atoms with Crippen molar-refractivity contribution in [3.63, 3.8) is 0 Å². The maximum atomic E-state index is 12.4. The van der Waals surface area contributed by atoms with Crippen LogP contribution in [0.4, 0.5) is 13.2 Å². The van der Waals surface area contributed by atoms with Crippen LogP contribution in [0, 0.1) is 0 Å². The van der Waals surface area contributed by atoms with Gasteiger partial charge in [-0.3, -0.25) is 0 Å². The molecule has 0 amide bonds. The van der Waals surface area contributed by atoms with Crippen LogP contribution in [0.1, 0.15) is 18.4 Å². The standard InChI is InChI=1S/C12H12F3I/c13-12(14,15)9-11(7-4-8-16)10-5-2-1-3-6-10/h1-3,5-7H,4,8-9H2/b11-7+. The van der Waals surface area contributed by atoms with Gasteiger partial charge in [0.2, 0.25) is 0 Å². The van der Waals surface area contributed by atoms with Crippen molar-refractivity contribution >= 4 is 28.2 Å². The molecule has 0 spiro atoms. The third kappa shape index (κ3) is 5.01. The van der Waals surface area contributed by atoms with E-state index < -0.39 is 12.6 Å². The topological polar surface area (TPSA) is 0 Å². The minimum Gasteiger partial charge on any atom is -0.171 e. The monoisotopic (exact) mass is 340 g/mol. The molecule has 1 aromatic carbocycles. The van der Waals surface area contributed by atoms with E-state index in [2.05, 4.69) is 22.6 Å². The molecular weight excluding hydrogens is 328 g/mol. The predicted octanol–water partition coefficient (Wildman–Crippen LogP) is 4.85. The Hall–Kier alpha value is -0.520. The van der Waals surface area contributed by atoms with Crippen molar-refractivity contribution in [1.82, 2.24) is 0 Å². The molecule has 0 nitrogen and oxygen atoms in total. The van der Waals surface area contributed by atoms with E-state index in [1.165, 1.54) is 0 Å². The maximum Gasteiger partial charge on any atom is 0.393 e. The number of halogens is 4. The molecule has 0 aromatic heterocycles. The molecule has 4 heteroatoms. The molecule has 88 valence electrons. The van der Waals surface area contributed by atoms with E-state index in [1.807, 2.05) is 0 Å². The van der Waals surface area contributed by atoms with Crippen molar-refractivity contribution in [2.75, 3.05) is 4.43 Å². The highest BCUT2D eigenvalue weighted by molar-refractivity contribution is 14.1. The summed E-state index contributed by atoms with van der Waals surface area (Å²) in [4.78, 5) is 0. The fourth-order valence-electron chi connectivity index (χ4n) is 1.39. The molecule has 0 bridgehead atoms. The van der Waals surface area contributed by atoms with Crippen LogP contribution in [0.2, 0.25) is 0 Å². The van der Waals surface area contributed by atoms with Crippen LogP contribution in [-0.4, -0.2) is 10.6 Å². The first kappa shape index (κ1) is 13.5. The van der Waals surface area contributed by atoms with Gasteiger partial charge in [-0.25, -0.2) is 0 Å². The SMILES string of the molecule is FC(F)(F)C/C(=C\CCI)c1ccccc1. The Balaban J connectivity index is 2.89. The fraction of sp³-hybridized carbons (Fsp3) is 0.333. The highest BCUT2D eigenvalue weighted by Gasteiger charge is 2.29. The molecule has 0 unspecified atom stereocenters. The molecule has 1 rings (SSSR count). The third-order valence-corrected chi connectivity index (χ3v) is 2.66. The molecule has 0 saturated heterocycles. The first-order valence-electron chi connectivity index (χ1n) is 4.90. The average Bonchev–Trinajstić information content (AvgIpc) is 2.24. The van der Waals surface area contributed by atoms with Crippen molar-refractivity contribution in [3.05, 3.63) is 42.0 Å². The van der Waals surface area contributed by atoms with Gasteiger partial charge in [0, 0.05) is 4.43 Å². The van der Waals surface area contributed by atoms with Crippen LogP contribution in [0.5, 0.6) is 0 Å². The molecule has 0 aliphatic rings. The smallest absolute Gasteiger partial charge is 0.171 e. The summed E-state index contributed by atoms with van der Waals surface area (Å²) >= 11 is 2.15. The molecule has 0 aliphatic carbocycles. The summed E-state index contributed by atoms with van der Waals surface area (Å²) in [5.74, 6) is 0. The summed E-state index contributed by atoms with van der Waals surface area (Å²) in [5, 5.41) is 0. The van der Waals surface area contributed by atoms with E-state index in [0.29, 0.717) is 17.6 Å². The highest BCUT2D eigenvalue weighted by Crippen LogP contribution is 2.30. The quantitative estimate of drug-likeness (QED) is 0.543. The molecular formula is C12H12F3I. The summed E-state index contributed by atoms with van der Waals surface area (Å²) < 4.78 is 38.0. The van der Waals surface area contributed by atoms with Crippen molar-refractivity contribution in [2.24, 2.45) is 0 Å². The van der Waals surface area contributed by atoms with Gasteiger partial charge in [-0.2, -0.15) is 13.2 Å². The lowest BCUT2D eigenvalue weighted by Gasteiger charge is -2.11. The first-order valence-corrected chi connectivity index (χ1v) is 6.42. The zero-order chi connectivity index (χ0) is 12.0.